The molecule has 0 aliphatic heterocycles. The molecule has 242 valence electrons. The number of methoxy groups -OCH3 is 3. The van der Waals surface area contributed by atoms with Crippen LogP contribution in [0.2, 0.25) is 0 Å². The van der Waals surface area contributed by atoms with Gasteiger partial charge in [0.05, 0.1) is 25.3 Å². The van der Waals surface area contributed by atoms with Crippen molar-refractivity contribution >= 4 is 16.0 Å². The third-order valence-corrected chi connectivity index (χ3v) is 8.29. The molecule has 0 aliphatic rings. The molecule has 0 radical (unpaired) electrons. The molecular formula is C27H26F6N6O5S. The van der Waals surface area contributed by atoms with Crippen LogP contribution >= 0.6 is 0 Å². The molecule has 2 atom stereocenters. The summed E-state index contributed by atoms with van der Waals surface area (Å²) in [6.45, 7) is 3.01. The fourth-order valence-electron chi connectivity index (χ4n) is 4.32. The van der Waals surface area contributed by atoms with Crippen molar-refractivity contribution in [3.05, 3.63) is 71.3 Å². The van der Waals surface area contributed by atoms with Crippen LogP contribution < -0.4 is 14.2 Å². The Morgan fingerprint density at radius 3 is 1.87 bits per heavy atom. The molecule has 2 aromatic carbocycles. The van der Waals surface area contributed by atoms with E-state index in [0.29, 0.717) is 17.7 Å². The minimum absolute atomic E-state index is 0.00487. The zero-order valence-corrected chi connectivity index (χ0v) is 25.0. The molecule has 0 unspecified atom stereocenters. The van der Waals surface area contributed by atoms with Gasteiger partial charge in [0.25, 0.3) is 0 Å². The number of nitrogens with zero attached hydrogens (tertiary/aromatic N) is 5. The van der Waals surface area contributed by atoms with E-state index in [1.165, 1.54) is 58.8 Å². The van der Waals surface area contributed by atoms with Crippen molar-refractivity contribution in [2.45, 2.75) is 37.6 Å². The lowest BCUT2D eigenvalue weighted by Gasteiger charge is -2.23. The maximum Gasteiger partial charge on any atom is 0.416 e. The normalized spacial score (nSPS) is 13.8. The van der Waals surface area contributed by atoms with Crippen LogP contribution in [0, 0.1) is 6.92 Å². The molecule has 0 saturated heterocycles. The monoisotopic (exact) mass is 660 g/mol. The molecule has 18 heteroatoms. The van der Waals surface area contributed by atoms with Crippen molar-refractivity contribution in [2.24, 2.45) is 0 Å². The van der Waals surface area contributed by atoms with Crippen molar-refractivity contribution in [2.75, 3.05) is 26.1 Å². The molecular weight excluding hydrogens is 634 g/mol. The van der Waals surface area contributed by atoms with E-state index in [4.69, 9.17) is 14.2 Å². The molecule has 1 N–H and O–H groups in total. The quantitative estimate of drug-likeness (QED) is 0.216. The molecule has 11 nitrogen and oxygen atoms in total. The van der Waals surface area contributed by atoms with Gasteiger partial charge in [0.15, 0.2) is 11.6 Å². The third-order valence-electron chi connectivity index (χ3n) is 6.59. The summed E-state index contributed by atoms with van der Waals surface area (Å²) >= 11 is 0. The lowest BCUT2D eigenvalue weighted by atomic mass is 10.0. The maximum absolute atomic E-state index is 13.7. The fourth-order valence-corrected chi connectivity index (χ4v) is 5.46. The van der Waals surface area contributed by atoms with Crippen LogP contribution in [0.25, 0.3) is 17.1 Å². The minimum Gasteiger partial charge on any atom is -0.494 e. The highest BCUT2D eigenvalue weighted by molar-refractivity contribution is 7.93. The number of benzene rings is 2. The van der Waals surface area contributed by atoms with Crippen LogP contribution in [-0.2, 0) is 27.1 Å². The lowest BCUT2D eigenvalue weighted by Crippen LogP contribution is -2.33. The first-order chi connectivity index (χ1) is 21.0. The molecule has 4 rings (SSSR count). The topological polar surface area (TPSA) is 130 Å². The maximum atomic E-state index is 13.7. The number of aryl methyl sites for hydroxylation is 1. The number of aromatic nitrogens is 5. The summed E-state index contributed by atoms with van der Waals surface area (Å²) in [4.78, 5) is 8.25. The fraction of sp³-hybridized carbons (Fsp3) is 0.333. The van der Waals surface area contributed by atoms with Gasteiger partial charge >= 0.3 is 12.4 Å². The second-order valence-corrected chi connectivity index (χ2v) is 11.7. The van der Waals surface area contributed by atoms with Gasteiger partial charge in [-0.1, -0.05) is 6.07 Å². The highest BCUT2D eigenvalue weighted by Crippen LogP contribution is 2.42. The Kier molecular flexibility index (Phi) is 9.30. The molecule has 0 aliphatic carbocycles. The number of rotatable bonds is 10. The van der Waals surface area contributed by atoms with Gasteiger partial charge in [-0.3, -0.25) is 9.29 Å². The Bertz CT molecular complexity index is 1720. The molecule has 0 amide bonds. The van der Waals surface area contributed by atoms with Crippen LogP contribution in [0.4, 0.5) is 32.3 Å². The van der Waals surface area contributed by atoms with E-state index in [1.807, 2.05) is 0 Å². The zero-order valence-electron chi connectivity index (χ0n) is 24.2. The second kappa shape index (κ2) is 12.5. The second-order valence-electron chi connectivity index (χ2n) is 9.62. The highest BCUT2D eigenvalue weighted by Gasteiger charge is 2.39. The third kappa shape index (κ3) is 6.95. The highest BCUT2D eigenvalue weighted by atomic mass is 32.2. The number of ether oxygens (including phenoxy) is 3. The van der Waals surface area contributed by atoms with Gasteiger partial charge in [0.1, 0.15) is 28.5 Å². The Labute approximate surface area is 253 Å². The van der Waals surface area contributed by atoms with E-state index in [2.05, 4.69) is 24.9 Å². The lowest BCUT2D eigenvalue weighted by molar-refractivity contribution is -0.143. The molecule has 0 spiro atoms. The largest absolute Gasteiger partial charge is 0.494 e. The average Bonchev–Trinajstić information content (AvgIpc) is 3.38. The Morgan fingerprint density at radius 1 is 0.867 bits per heavy atom. The van der Waals surface area contributed by atoms with E-state index in [-0.39, 0.29) is 29.1 Å². The summed E-state index contributed by atoms with van der Waals surface area (Å²) in [5, 5.41) is 6.24. The standard InChI is InChI=1S/C27H26F6N6O5S/c1-14-12-34-23(35-13-14)22(44-5)15(2)45(40,41)38-25-37-36-24(39(25)21-19(42-3)7-6-8-20(21)43-4)16-9-17(26(28,29)30)11-18(10-16)27(31,32)33/h6-13,15,22H,1-5H3,(H,37,38)/t15-,22-/m0/s1. The number of sulfonamides is 1. The van der Waals surface area contributed by atoms with Gasteiger partial charge in [-0.15, -0.1) is 10.2 Å². The number of alkyl halides is 6. The van der Waals surface area contributed by atoms with Crippen LogP contribution in [0.1, 0.15) is 35.5 Å². The Hall–Kier alpha value is -4.45. The molecule has 0 fully saturated rings. The predicted molar refractivity (Wildman–Crippen MR) is 148 cm³/mol. The summed E-state index contributed by atoms with van der Waals surface area (Å²) in [6, 6.07) is 5.14. The molecule has 4 aromatic rings. The zero-order chi connectivity index (χ0) is 33.3. The smallest absolute Gasteiger partial charge is 0.416 e. The summed E-state index contributed by atoms with van der Waals surface area (Å²) in [7, 11) is -0.780. The number of nitrogens with one attached hydrogen (secondary N) is 1. The summed E-state index contributed by atoms with van der Waals surface area (Å²) < 4.78 is 129. The van der Waals surface area contributed by atoms with Crippen LogP contribution in [0.5, 0.6) is 11.5 Å². The van der Waals surface area contributed by atoms with Gasteiger partial charge in [0, 0.05) is 25.1 Å². The number of para-hydroxylation sites is 1. The molecule has 0 saturated carbocycles. The summed E-state index contributed by atoms with van der Waals surface area (Å²) in [6.07, 6.45) is -8.62. The van der Waals surface area contributed by atoms with Gasteiger partial charge < -0.3 is 14.2 Å². The van der Waals surface area contributed by atoms with E-state index >= 15 is 0 Å². The first kappa shape index (κ1) is 33.4. The Balaban J connectivity index is 1.96. The van der Waals surface area contributed by atoms with Gasteiger partial charge in [-0.25, -0.2) is 18.4 Å². The molecule has 0 bridgehead atoms. The predicted octanol–water partition coefficient (Wildman–Crippen LogP) is 5.61. The van der Waals surface area contributed by atoms with Gasteiger partial charge in [-0.05, 0) is 49.7 Å². The molecule has 2 aromatic heterocycles. The van der Waals surface area contributed by atoms with Crippen molar-refractivity contribution in [1.82, 2.24) is 24.7 Å². The molecule has 2 heterocycles. The summed E-state index contributed by atoms with van der Waals surface area (Å²) in [5.74, 6) is -1.17. The van der Waals surface area contributed by atoms with E-state index < -0.39 is 62.2 Å². The van der Waals surface area contributed by atoms with Gasteiger partial charge in [-0.2, -0.15) is 26.3 Å². The molecule has 45 heavy (non-hydrogen) atoms. The van der Waals surface area contributed by atoms with Crippen molar-refractivity contribution in [1.29, 1.82) is 0 Å². The van der Waals surface area contributed by atoms with E-state index in [0.717, 1.165) is 4.57 Å². The SMILES string of the molecule is COc1cccc(OC)c1-n1c(NS(=O)(=O)[C@@H](C)[C@H](OC)c2ncc(C)cn2)nnc1-c1cc(C(F)(F)F)cc(C(F)(F)F)c1. The minimum atomic E-state index is -5.17. The number of halogens is 6. The number of anilines is 1. The first-order valence-electron chi connectivity index (χ1n) is 12.8. The van der Waals surface area contributed by atoms with Crippen LogP contribution in [-0.4, -0.2) is 59.7 Å². The van der Waals surface area contributed by atoms with Crippen molar-refractivity contribution < 1.29 is 49.0 Å². The average molecular weight is 661 g/mol. The number of hydrogen-bond acceptors (Lipinski definition) is 9. The number of hydrogen-bond donors (Lipinski definition) is 1. The Morgan fingerprint density at radius 2 is 1.40 bits per heavy atom. The first-order valence-corrected chi connectivity index (χ1v) is 14.4. The van der Waals surface area contributed by atoms with E-state index in [1.54, 1.807) is 6.92 Å². The van der Waals surface area contributed by atoms with Crippen LogP contribution in [0.3, 0.4) is 0 Å². The van der Waals surface area contributed by atoms with E-state index in [9.17, 15) is 34.8 Å². The van der Waals surface area contributed by atoms with Crippen molar-refractivity contribution in [3.8, 4) is 28.6 Å². The van der Waals surface area contributed by atoms with Crippen molar-refractivity contribution in [3.63, 3.8) is 0 Å². The van der Waals surface area contributed by atoms with Crippen LogP contribution in [0.15, 0.2) is 48.8 Å². The van der Waals surface area contributed by atoms with Gasteiger partial charge in [0.2, 0.25) is 16.0 Å². The summed E-state index contributed by atoms with van der Waals surface area (Å²) in [5.41, 5.74) is -3.34.